The molecule has 1 aromatic heterocycles. The standard InChI is InChI=1S/C15H19N3O2S/c1-4-16-13-6-5-9-17-15(13)21(19,20)18-14-10-11(2)7-8-12(14)3/h5-10,16,18H,4H2,1-3H3. The van der Waals surface area contributed by atoms with Gasteiger partial charge in [0.25, 0.3) is 10.0 Å². The summed E-state index contributed by atoms with van der Waals surface area (Å²) in [5.41, 5.74) is 2.93. The van der Waals surface area contributed by atoms with Gasteiger partial charge in [0.05, 0.1) is 11.4 Å². The maximum Gasteiger partial charge on any atom is 0.281 e. The smallest absolute Gasteiger partial charge is 0.281 e. The quantitative estimate of drug-likeness (QED) is 0.891. The van der Waals surface area contributed by atoms with Crippen molar-refractivity contribution in [1.82, 2.24) is 4.98 Å². The number of rotatable bonds is 5. The molecule has 0 spiro atoms. The fraction of sp³-hybridized carbons (Fsp3) is 0.267. The number of aromatic nitrogens is 1. The number of pyridine rings is 1. The Bertz CT molecular complexity index is 742. The molecule has 1 heterocycles. The van der Waals surface area contributed by atoms with Crippen molar-refractivity contribution in [2.24, 2.45) is 0 Å². The number of hydrogen-bond acceptors (Lipinski definition) is 4. The fourth-order valence-electron chi connectivity index (χ4n) is 1.97. The fourth-order valence-corrected chi connectivity index (χ4v) is 3.20. The van der Waals surface area contributed by atoms with Crippen LogP contribution in [0.2, 0.25) is 0 Å². The molecule has 0 fully saturated rings. The Morgan fingerprint density at radius 1 is 1.14 bits per heavy atom. The minimum atomic E-state index is -3.73. The number of sulfonamides is 1. The molecule has 0 bridgehead atoms. The summed E-state index contributed by atoms with van der Waals surface area (Å²) in [5, 5.41) is 3.02. The molecule has 0 aliphatic heterocycles. The van der Waals surface area contributed by atoms with Crippen LogP contribution < -0.4 is 10.0 Å². The molecule has 0 unspecified atom stereocenters. The molecule has 21 heavy (non-hydrogen) atoms. The first kappa shape index (κ1) is 15.3. The summed E-state index contributed by atoms with van der Waals surface area (Å²) in [7, 11) is -3.73. The Kier molecular flexibility index (Phi) is 4.47. The van der Waals surface area contributed by atoms with Gasteiger partial charge in [0.1, 0.15) is 0 Å². The topological polar surface area (TPSA) is 71.1 Å². The van der Waals surface area contributed by atoms with Crippen molar-refractivity contribution in [3.8, 4) is 0 Å². The van der Waals surface area contributed by atoms with Crippen LogP contribution in [0, 0.1) is 13.8 Å². The maximum absolute atomic E-state index is 12.5. The zero-order chi connectivity index (χ0) is 15.5. The van der Waals surface area contributed by atoms with Crippen molar-refractivity contribution in [1.29, 1.82) is 0 Å². The van der Waals surface area contributed by atoms with Crippen molar-refractivity contribution in [3.05, 3.63) is 47.7 Å². The van der Waals surface area contributed by atoms with Crippen LogP contribution in [0.15, 0.2) is 41.6 Å². The molecule has 2 N–H and O–H groups in total. The minimum absolute atomic E-state index is 0.00718. The summed E-state index contributed by atoms with van der Waals surface area (Å²) >= 11 is 0. The van der Waals surface area contributed by atoms with Crippen molar-refractivity contribution in [2.75, 3.05) is 16.6 Å². The highest BCUT2D eigenvalue weighted by Crippen LogP contribution is 2.23. The van der Waals surface area contributed by atoms with Gasteiger partial charge >= 0.3 is 0 Å². The Balaban J connectivity index is 2.41. The van der Waals surface area contributed by atoms with E-state index >= 15 is 0 Å². The zero-order valence-electron chi connectivity index (χ0n) is 12.3. The first-order chi connectivity index (χ1) is 9.94. The second kappa shape index (κ2) is 6.13. The molecule has 2 aromatic rings. The molecule has 0 radical (unpaired) electrons. The molecule has 1 aromatic carbocycles. The maximum atomic E-state index is 12.5. The summed E-state index contributed by atoms with van der Waals surface area (Å²) in [5.74, 6) is 0. The first-order valence-corrected chi connectivity index (χ1v) is 8.21. The lowest BCUT2D eigenvalue weighted by molar-refractivity contribution is 0.598. The van der Waals surface area contributed by atoms with Crippen LogP contribution in [0.5, 0.6) is 0 Å². The van der Waals surface area contributed by atoms with Crippen molar-refractivity contribution in [3.63, 3.8) is 0 Å². The van der Waals surface area contributed by atoms with Crippen LogP contribution in [0.4, 0.5) is 11.4 Å². The van der Waals surface area contributed by atoms with E-state index in [0.717, 1.165) is 11.1 Å². The van der Waals surface area contributed by atoms with Gasteiger partial charge in [0, 0.05) is 12.7 Å². The number of aryl methyl sites for hydroxylation is 2. The van der Waals surface area contributed by atoms with E-state index in [1.807, 2.05) is 39.0 Å². The van der Waals surface area contributed by atoms with Crippen LogP contribution >= 0.6 is 0 Å². The molecule has 0 saturated carbocycles. The normalized spacial score (nSPS) is 11.2. The number of nitrogens with zero attached hydrogens (tertiary/aromatic N) is 1. The van der Waals surface area contributed by atoms with E-state index in [4.69, 9.17) is 0 Å². The number of anilines is 2. The zero-order valence-corrected chi connectivity index (χ0v) is 13.2. The van der Waals surface area contributed by atoms with Gasteiger partial charge in [-0.25, -0.2) is 4.98 Å². The number of benzene rings is 1. The lowest BCUT2D eigenvalue weighted by atomic mass is 10.1. The molecule has 0 aliphatic carbocycles. The third-order valence-electron chi connectivity index (χ3n) is 3.03. The average Bonchev–Trinajstić information content (AvgIpc) is 2.43. The molecule has 0 saturated heterocycles. The summed E-state index contributed by atoms with van der Waals surface area (Å²) in [6, 6.07) is 9.04. The monoisotopic (exact) mass is 305 g/mol. The third-order valence-corrected chi connectivity index (χ3v) is 4.35. The molecular weight excluding hydrogens is 286 g/mol. The summed E-state index contributed by atoms with van der Waals surface area (Å²) in [4.78, 5) is 4.00. The number of hydrogen-bond donors (Lipinski definition) is 2. The lowest BCUT2D eigenvalue weighted by Gasteiger charge is -2.13. The SMILES string of the molecule is CCNc1cccnc1S(=O)(=O)Nc1cc(C)ccc1C. The van der Waals surface area contributed by atoms with E-state index in [-0.39, 0.29) is 5.03 Å². The van der Waals surface area contributed by atoms with Crippen molar-refractivity contribution >= 4 is 21.4 Å². The molecular formula is C15H19N3O2S. The lowest BCUT2D eigenvalue weighted by Crippen LogP contribution is -2.17. The second-order valence-electron chi connectivity index (χ2n) is 4.81. The van der Waals surface area contributed by atoms with Gasteiger partial charge in [-0.1, -0.05) is 12.1 Å². The first-order valence-electron chi connectivity index (χ1n) is 6.73. The predicted molar refractivity (Wildman–Crippen MR) is 85.1 cm³/mol. The van der Waals surface area contributed by atoms with Crippen LogP contribution in [-0.4, -0.2) is 19.9 Å². The van der Waals surface area contributed by atoms with Gasteiger partial charge < -0.3 is 5.32 Å². The summed E-state index contributed by atoms with van der Waals surface area (Å²) < 4.78 is 27.7. The van der Waals surface area contributed by atoms with Gasteiger partial charge in [-0.2, -0.15) is 8.42 Å². The summed E-state index contributed by atoms with van der Waals surface area (Å²) in [6.07, 6.45) is 1.47. The Hall–Kier alpha value is -2.08. The molecule has 0 amide bonds. The van der Waals surface area contributed by atoms with Crippen LogP contribution in [0.1, 0.15) is 18.1 Å². The molecule has 0 aliphatic rings. The van der Waals surface area contributed by atoms with E-state index in [9.17, 15) is 8.42 Å². The largest absolute Gasteiger partial charge is 0.383 e. The van der Waals surface area contributed by atoms with E-state index in [2.05, 4.69) is 15.0 Å². The minimum Gasteiger partial charge on any atom is -0.383 e. The van der Waals surface area contributed by atoms with Gasteiger partial charge in [0.15, 0.2) is 5.03 Å². The second-order valence-corrected chi connectivity index (χ2v) is 6.41. The third kappa shape index (κ3) is 3.52. The molecule has 112 valence electrons. The van der Waals surface area contributed by atoms with Crippen LogP contribution in [0.25, 0.3) is 0 Å². The highest BCUT2D eigenvalue weighted by molar-refractivity contribution is 7.92. The molecule has 0 atom stereocenters. The van der Waals surface area contributed by atoms with Gasteiger partial charge in [-0.15, -0.1) is 0 Å². The van der Waals surface area contributed by atoms with Gasteiger partial charge in [-0.3, -0.25) is 4.72 Å². The Morgan fingerprint density at radius 3 is 2.62 bits per heavy atom. The Labute approximate surface area is 125 Å². The van der Waals surface area contributed by atoms with Gasteiger partial charge in [0.2, 0.25) is 0 Å². The predicted octanol–water partition coefficient (Wildman–Crippen LogP) is 2.93. The van der Waals surface area contributed by atoms with E-state index in [1.165, 1.54) is 6.20 Å². The Morgan fingerprint density at radius 2 is 1.90 bits per heavy atom. The van der Waals surface area contributed by atoms with E-state index in [0.29, 0.717) is 17.9 Å². The average molecular weight is 305 g/mol. The highest BCUT2D eigenvalue weighted by atomic mass is 32.2. The van der Waals surface area contributed by atoms with E-state index < -0.39 is 10.0 Å². The molecule has 2 rings (SSSR count). The molecule has 6 heteroatoms. The van der Waals surface area contributed by atoms with Crippen molar-refractivity contribution < 1.29 is 8.42 Å². The van der Waals surface area contributed by atoms with Crippen molar-refractivity contribution in [2.45, 2.75) is 25.8 Å². The highest BCUT2D eigenvalue weighted by Gasteiger charge is 2.20. The van der Waals surface area contributed by atoms with E-state index in [1.54, 1.807) is 12.1 Å². The summed E-state index contributed by atoms with van der Waals surface area (Å²) in [6.45, 7) is 6.31. The van der Waals surface area contributed by atoms with Crippen LogP contribution in [0.3, 0.4) is 0 Å². The number of nitrogens with one attached hydrogen (secondary N) is 2. The van der Waals surface area contributed by atoms with Gasteiger partial charge in [-0.05, 0) is 50.1 Å². The van der Waals surface area contributed by atoms with Crippen LogP contribution in [-0.2, 0) is 10.0 Å². The molecule has 5 nitrogen and oxygen atoms in total.